The Balaban J connectivity index is 0.000000191. The molecule has 114 valence electrons. The Morgan fingerprint density at radius 1 is 0.474 bits per heavy atom. The van der Waals surface area contributed by atoms with Crippen LogP contribution in [-0.2, 0) is 47.7 Å². The third-order valence-corrected chi connectivity index (χ3v) is 8.35. The fourth-order valence-electron chi connectivity index (χ4n) is 1.07. The van der Waals surface area contributed by atoms with Crippen LogP contribution in [0.2, 0.25) is 0 Å². The van der Waals surface area contributed by atoms with Crippen LogP contribution in [0, 0.1) is 0 Å². The first kappa shape index (κ1) is 16.8. The van der Waals surface area contributed by atoms with Crippen molar-refractivity contribution in [3.63, 3.8) is 0 Å². The van der Waals surface area contributed by atoms with Gasteiger partial charge in [0.25, 0.3) is 40.5 Å². The Labute approximate surface area is 111 Å². The Hall–Kier alpha value is -0.280. The zero-order chi connectivity index (χ0) is 14.9. The lowest BCUT2D eigenvalue weighted by atomic mass is 10.6. The highest BCUT2D eigenvalue weighted by atomic mass is 32.3. The summed E-state index contributed by atoms with van der Waals surface area (Å²) in [6.45, 7) is 0. The average molecular weight is 358 g/mol. The van der Waals surface area contributed by atoms with Gasteiger partial charge >= 0.3 is 0 Å². The first-order chi connectivity index (χ1) is 8.33. The second kappa shape index (κ2) is 5.25. The molecule has 0 bridgehead atoms. The first-order valence-electron chi connectivity index (χ1n) is 4.65. The minimum Gasteiger partial charge on any atom is -0.198 e. The molecule has 0 saturated carbocycles. The molecule has 0 aromatic heterocycles. The molecule has 0 N–H and O–H groups in total. The van der Waals surface area contributed by atoms with Gasteiger partial charge in [0.15, 0.2) is 0 Å². The van der Waals surface area contributed by atoms with E-state index in [2.05, 4.69) is 7.26 Å². The molecule has 2 saturated heterocycles. The highest BCUT2D eigenvalue weighted by molar-refractivity contribution is 8.03. The molecule has 2 rings (SSSR count). The zero-order valence-electron chi connectivity index (χ0n) is 9.25. The molecule has 2 heterocycles. The lowest BCUT2D eigenvalue weighted by Gasteiger charge is -2.09. The molecule has 2 aliphatic rings. The first-order valence-corrected chi connectivity index (χ1v) is 11.0. The quantitative estimate of drug-likeness (QED) is 0.463. The SMILES string of the molecule is O=S1(=O)CCCS(=O)(=O)O1.O=S1(=O)CCS(=O)(=O)O1. The van der Waals surface area contributed by atoms with Gasteiger partial charge < -0.3 is 0 Å². The molecule has 19 heavy (non-hydrogen) atoms. The molecule has 0 aliphatic carbocycles. The van der Waals surface area contributed by atoms with Crippen LogP contribution in [0.25, 0.3) is 0 Å². The van der Waals surface area contributed by atoms with E-state index in [-0.39, 0.29) is 17.9 Å². The largest absolute Gasteiger partial charge is 0.282 e. The van der Waals surface area contributed by atoms with Gasteiger partial charge in [-0.25, -0.2) is 0 Å². The van der Waals surface area contributed by atoms with E-state index in [0.29, 0.717) is 0 Å². The predicted octanol–water partition coefficient (Wildman–Crippen LogP) is -2.26. The van der Waals surface area contributed by atoms with Gasteiger partial charge in [0.2, 0.25) is 0 Å². The van der Waals surface area contributed by atoms with E-state index < -0.39 is 52.0 Å². The summed E-state index contributed by atoms with van der Waals surface area (Å²) in [5, 5.41) is 0. The molecule has 0 spiro atoms. The smallest absolute Gasteiger partial charge is 0.198 e. The van der Waals surface area contributed by atoms with E-state index in [0.717, 1.165) is 0 Å². The van der Waals surface area contributed by atoms with Gasteiger partial charge in [-0.05, 0) is 6.42 Å². The van der Waals surface area contributed by atoms with Gasteiger partial charge in [0.05, 0.1) is 23.0 Å². The van der Waals surface area contributed by atoms with Crippen molar-refractivity contribution in [1.82, 2.24) is 0 Å². The molecule has 0 radical (unpaired) electrons. The summed E-state index contributed by atoms with van der Waals surface area (Å²) in [6.07, 6.45) is 0.130. The Morgan fingerprint density at radius 2 is 0.737 bits per heavy atom. The lowest BCUT2D eigenvalue weighted by Crippen LogP contribution is -2.25. The Kier molecular flexibility index (Phi) is 4.63. The molecule has 2 aliphatic heterocycles. The van der Waals surface area contributed by atoms with E-state index in [1.165, 1.54) is 0 Å². The molecule has 0 atom stereocenters. The molecule has 0 unspecified atom stereocenters. The maximum absolute atomic E-state index is 10.5. The summed E-state index contributed by atoms with van der Waals surface area (Å²) in [5.74, 6) is -1.25. The van der Waals surface area contributed by atoms with Crippen molar-refractivity contribution in [3.05, 3.63) is 0 Å². The monoisotopic (exact) mass is 358 g/mol. The molecule has 0 aromatic carbocycles. The summed E-state index contributed by atoms with van der Waals surface area (Å²) < 4.78 is 90.3. The van der Waals surface area contributed by atoms with Crippen LogP contribution in [0.5, 0.6) is 0 Å². The Morgan fingerprint density at radius 3 is 0.895 bits per heavy atom. The van der Waals surface area contributed by atoms with Gasteiger partial charge in [-0.3, -0.25) is 0 Å². The summed E-state index contributed by atoms with van der Waals surface area (Å²) >= 11 is 0. The molecule has 14 heteroatoms. The molecule has 2 fully saturated rings. The van der Waals surface area contributed by atoms with Gasteiger partial charge in [-0.1, -0.05) is 0 Å². The van der Waals surface area contributed by atoms with E-state index in [1.807, 2.05) is 0 Å². The van der Waals surface area contributed by atoms with Crippen molar-refractivity contribution in [2.45, 2.75) is 6.42 Å². The van der Waals surface area contributed by atoms with Crippen molar-refractivity contribution in [3.8, 4) is 0 Å². The molecular weight excluding hydrogens is 348 g/mol. The van der Waals surface area contributed by atoms with Crippen LogP contribution < -0.4 is 0 Å². The van der Waals surface area contributed by atoms with Crippen LogP contribution in [0.15, 0.2) is 0 Å². The fourth-order valence-corrected chi connectivity index (χ4v) is 7.50. The topological polar surface area (TPSA) is 155 Å². The zero-order valence-corrected chi connectivity index (χ0v) is 12.5. The normalized spacial score (nSPS) is 29.9. The average Bonchev–Trinajstić information content (AvgIpc) is 2.35. The maximum atomic E-state index is 10.5. The van der Waals surface area contributed by atoms with Crippen LogP contribution in [0.4, 0.5) is 0 Å². The molecule has 0 aromatic rings. The Bertz CT molecular complexity index is 673. The highest BCUT2D eigenvalue weighted by Crippen LogP contribution is 2.11. The van der Waals surface area contributed by atoms with Crippen molar-refractivity contribution in [1.29, 1.82) is 0 Å². The number of rotatable bonds is 0. The van der Waals surface area contributed by atoms with E-state index >= 15 is 0 Å². The van der Waals surface area contributed by atoms with Gasteiger partial charge in [-0.15, -0.1) is 7.26 Å². The maximum Gasteiger partial charge on any atom is 0.282 e. The summed E-state index contributed by atoms with van der Waals surface area (Å²) in [7, 11) is -15.0. The van der Waals surface area contributed by atoms with Gasteiger partial charge in [0, 0.05) is 0 Å². The number of hydrogen-bond donors (Lipinski definition) is 0. The summed E-state index contributed by atoms with van der Waals surface area (Å²) in [6, 6.07) is 0. The minimum absolute atomic E-state index is 0.130. The second-order valence-electron chi connectivity index (χ2n) is 3.54. The van der Waals surface area contributed by atoms with Gasteiger partial charge in [-0.2, -0.15) is 33.7 Å². The summed E-state index contributed by atoms with van der Waals surface area (Å²) in [4.78, 5) is 0. The van der Waals surface area contributed by atoms with Crippen LogP contribution in [-0.4, -0.2) is 56.7 Å². The fraction of sp³-hybridized carbons (Fsp3) is 1.00. The molecular formula is C5H10O10S4. The van der Waals surface area contributed by atoms with Gasteiger partial charge in [0.1, 0.15) is 0 Å². The lowest BCUT2D eigenvalue weighted by molar-refractivity contribution is 0.450. The predicted molar refractivity (Wildman–Crippen MR) is 61.9 cm³/mol. The van der Waals surface area contributed by atoms with Crippen LogP contribution in [0.3, 0.4) is 0 Å². The summed E-state index contributed by atoms with van der Waals surface area (Å²) in [5.41, 5.74) is 0. The second-order valence-corrected chi connectivity index (χ2v) is 10.7. The standard InChI is InChI=1S/C3H6O5S2.C2H4O5S2/c4-9(5)2-1-3-10(6,7)8-9;3-8(4)1-2-9(5,6)7-8/h1-3H2;1-2H2. The van der Waals surface area contributed by atoms with Crippen molar-refractivity contribution in [2.24, 2.45) is 0 Å². The third kappa shape index (κ3) is 6.13. The van der Waals surface area contributed by atoms with E-state index in [9.17, 15) is 33.7 Å². The molecule has 0 amide bonds. The van der Waals surface area contributed by atoms with Crippen LogP contribution in [0.1, 0.15) is 6.42 Å². The van der Waals surface area contributed by atoms with E-state index in [1.54, 1.807) is 0 Å². The minimum atomic E-state index is -3.78. The highest BCUT2D eigenvalue weighted by Gasteiger charge is 2.32. The van der Waals surface area contributed by atoms with Crippen molar-refractivity contribution < 1.29 is 40.9 Å². The number of hydrogen-bond acceptors (Lipinski definition) is 10. The van der Waals surface area contributed by atoms with E-state index in [4.69, 9.17) is 0 Å². The third-order valence-electron chi connectivity index (χ3n) is 1.79. The van der Waals surface area contributed by atoms with Crippen LogP contribution >= 0.6 is 0 Å². The molecule has 10 nitrogen and oxygen atoms in total. The van der Waals surface area contributed by atoms with Crippen molar-refractivity contribution >= 4 is 40.5 Å². The van der Waals surface area contributed by atoms with Crippen molar-refractivity contribution in [2.75, 3.05) is 23.0 Å².